The Morgan fingerprint density at radius 2 is 1.58 bits per heavy atom. The first-order chi connectivity index (χ1) is 15.1. The van der Waals surface area contributed by atoms with E-state index in [9.17, 15) is 9.59 Å². The molecule has 0 aliphatic carbocycles. The highest BCUT2D eigenvalue weighted by Gasteiger charge is 2.50. The number of alkyl halides is 1. The second kappa shape index (κ2) is 7.56. The number of nitrogens with zero attached hydrogens (tertiary/aromatic N) is 3. The highest BCUT2D eigenvalue weighted by Crippen LogP contribution is 2.38. The van der Waals surface area contributed by atoms with Crippen molar-refractivity contribution in [3.8, 4) is 17.1 Å². The molecule has 7 heteroatoms. The van der Waals surface area contributed by atoms with E-state index in [0.717, 1.165) is 11.1 Å². The van der Waals surface area contributed by atoms with Crippen molar-refractivity contribution < 1.29 is 9.53 Å². The minimum Gasteiger partial charge on any atom is -0.497 e. The van der Waals surface area contributed by atoms with Gasteiger partial charge in [-0.3, -0.25) is 9.59 Å². The van der Waals surface area contributed by atoms with Gasteiger partial charge in [0.1, 0.15) is 17.2 Å². The molecule has 154 valence electrons. The van der Waals surface area contributed by atoms with Crippen LogP contribution in [0.5, 0.6) is 5.75 Å². The third kappa shape index (κ3) is 3.07. The van der Waals surface area contributed by atoms with Gasteiger partial charge in [-0.05, 0) is 29.8 Å². The lowest BCUT2D eigenvalue weighted by Crippen LogP contribution is -2.64. The molecule has 3 aromatic carbocycles. The minimum atomic E-state index is -0.782. The molecule has 4 aromatic rings. The van der Waals surface area contributed by atoms with Gasteiger partial charge in [-0.1, -0.05) is 54.6 Å². The van der Waals surface area contributed by atoms with Gasteiger partial charge in [0, 0.05) is 5.56 Å². The van der Waals surface area contributed by atoms with E-state index in [1.54, 1.807) is 37.4 Å². The summed E-state index contributed by atoms with van der Waals surface area (Å²) >= 11 is 6.43. The van der Waals surface area contributed by atoms with Crippen LogP contribution in [0.2, 0.25) is 0 Å². The van der Waals surface area contributed by atoms with Crippen LogP contribution in [0.3, 0.4) is 0 Å². The Morgan fingerprint density at radius 1 is 0.903 bits per heavy atom. The zero-order valence-electron chi connectivity index (χ0n) is 16.6. The molecule has 5 rings (SSSR count). The van der Waals surface area contributed by atoms with Gasteiger partial charge in [-0.25, -0.2) is 9.99 Å². The highest BCUT2D eigenvalue weighted by atomic mass is 35.5. The van der Waals surface area contributed by atoms with Crippen LogP contribution in [0.15, 0.2) is 83.7 Å². The first-order valence-corrected chi connectivity index (χ1v) is 10.2. The molecule has 1 fully saturated rings. The zero-order chi connectivity index (χ0) is 21.5. The number of hydrogen-bond donors (Lipinski definition) is 0. The van der Waals surface area contributed by atoms with Crippen molar-refractivity contribution in [3.05, 3.63) is 94.8 Å². The highest BCUT2D eigenvalue weighted by molar-refractivity contribution is 6.36. The minimum absolute atomic E-state index is 0.320. The monoisotopic (exact) mass is 431 g/mol. The molecule has 31 heavy (non-hydrogen) atoms. The van der Waals surface area contributed by atoms with Gasteiger partial charge in [0.05, 0.1) is 18.0 Å². The number of rotatable bonds is 4. The van der Waals surface area contributed by atoms with Crippen molar-refractivity contribution in [3.63, 3.8) is 0 Å². The summed E-state index contributed by atoms with van der Waals surface area (Å²) in [5.41, 5.74) is 1.78. The van der Waals surface area contributed by atoms with Crippen molar-refractivity contribution in [1.82, 2.24) is 9.66 Å². The number of halogens is 1. The van der Waals surface area contributed by atoms with Gasteiger partial charge in [0.25, 0.3) is 11.5 Å². The molecule has 0 bridgehead atoms. The molecule has 1 amide bonds. The molecule has 1 aliphatic heterocycles. The number of fused-ring (bicyclic) bond motifs is 1. The smallest absolute Gasteiger partial charge is 0.280 e. The van der Waals surface area contributed by atoms with Crippen LogP contribution in [-0.4, -0.2) is 28.1 Å². The normalized spacial score (nSPS) is 18.1. The van der Waals surface area contributed by atoms with Crippen LogP contribution in [-0.2, 0) is 4.79 Å². The SMILES string of the molecule is COc1ccc(C2C(Cl)C(=O)N2n2c(-c3ccccc3)nc3ccccc3c2=O)cc1. The number of para-hydroxylation sites is 1. The Kier molecular flexibility index (Phi) is 4.71. The average Bonchev–Trinajstić information content (AvgIpc) is 2.83. The summed E-state index contributed by atoms with van der Waals surface area (Å²) in [4.78, 5) is 31.2. The number of ether oxygens (including phenoxy) is 1. The molecule has 1 aliphatic rings. The molecule has 6 nitrogen and oxygen atoms in total. The van der Waals surface area contributed by atoms with Crippen molar-refractivity contribution >= 4 is 28.4 Å². The maximum absolute atomic E-state index is 13.6. The Morgan fingerprint density at radius 3 is 2.29 bits per heavy atom. The van der Waals surface area contributed by atoms with Crippen LogP contribution in [0.25, 0.3) is 22.3 Å². The number of carbonyl (C=O) groups excluding carboxylic acids is 1. The Balaban J connectivity index is 1.73. The maximum atomic E-state index is 13.6. The second-order valence-electron chi connectivity index (χ2n) is 7.24. The predicted molar refractivity (Wildman–Crippen MR) is 120 cm³/mol. The number of aromatic nitrogens is 2. The van der Waals surface area contributed by atoms with E-state index in [1.165, 1.54) is 9.69 Å². The number of benzene rings is 3. The topological polar surface area (TPSA) is 64.4 Å². The molecule has 2 heterocycles. The summed E-state index contributed by atoms with van der Waals surface area (Å²) in [6, 6.07) is 23.2. The lowest BCUT2D eigenvalue weighted by molar-refractivity contribution is -0.126. The van der Waals surface area contributed by atoms with Crippen LogP contribution >= 0.6 is 11.6 Å². The molecular formula is C24H18ClN3O3. The zero-order valence-corrected chi connectivity index (χ0v) is 17.4. The van der Waals surface area contributed by atoms with Crippen molar-refractivity contribution in [1.29, 1.82) is 0 Å². The molecule has 0 N–H and O–H groups in total. The van der Waals surface area contributed by atoms with Crippen molar-refractivity contribution in [2.45, 2.75) is 11.4 Å². The lowest BCUT2D eigenvalue weighted by Gasteiger charge is -2.45. The number of methoxy groups -OCH3 is 1. The summed E-state index contributed by atoms with van der Waals surface area (Å²) in [5.74, 6) is 0.736. The summed E-state index contributed by atoms with van der Waals surface area (Å²) < 4.78 is 6.58. The van der Waals surface area contributed by atoms with Crippen LogP contribution in [0.4, 0.5) is 0 Å². The number of amides is 1. The summed E-state index contributed by atoms with van der Waals surface area (Å²) in [6.07, 6.45) is 0. The van der Waals surface area contributed by atoms with Crippen LogP contribution < -0.4 is 15.3 Å². The Bertz CT molecular complexity index is 1340. The number of carbonyl (C=O) groups is 1. The summed E-state index contributed by atoms with van der Waals surface area (Å²) in [7, 11) is 1.59. The van der Waals surface area contributed by atoms with Crippen LogP contribution in [0, 0.1) is 0 Å². The van der Waals surface area contributed by atoms with E-state index < -0.39 is 11.4 Å². The third-order valence-electron chi connectivity index (χ3n) is 5.46. The predicted octanol–water partition coefficient (Wildman–Crippen LogP) is 3.90. The quantitative estimate of drug-likeness (QED) is 0.363. The van der Waals surface area contributed by atoms with Crippen molar-refractivity contribution in [2.75, 3.05) is 12.1 Å². The van der Waals surface area contributed by atoms with Gasteiger partial charge in [0.15, 0.2) is 5.82 Å². The lowest BCUT2D eigenvalue weighted by atomic mass is 9.95. The largest absolute Gasteiger partial charge is 0.497 e. The van der Waals surface area contributed by atoms with E-state index in [1.807, 2.05) is 48.5 Å². The van der Waals surface area contributed by atoms with Crippen molar-refractivity contribution in [2.24, 2.45) is 0 Å². The Hall–Kier alpha value is -3.64. The van der Waals surface area contributed by atoms with E-state index >= 15 is 0 Å². The number of hydrogen-bond acceptors (Lipinski definition) is 4. The maximum Gasteiger partial charge on any atom is 0.280 e. The van der Waals surface area contributed by atoms with Gasteiger partial charge in [-0.2, -0.15) is 4.68 Å². The fraction of sp³-hybridized carbons (Fsp3) is 0.125. The molecule has 1 aromatic heterocycles. The van der Waals surface area contributed by atoms with E-state index in [-0.39, 0.29) is 11.5 Å². The van der Waals surface area contributed by atoms with E-state index in [4.69, 9.17) is 21.3 Å². The molecule has 0 saturated carbocycles. The fourth-order valence-electron chi connectivity index (χ4n) is 3.87. The first kappa shape index (κ1) is 19.3. The van der Waals surface area contributed by atoms with Gasteiger partial charge < -0.3 is 4.74 Å². The molecule has 2 unspecified atom stereocenters. The fourth-order valence-corrected chi connectivity index (χ4v) is 4.22. The van der Waals surface area contributed by atoms with Gasteiger partial charge in [0.2, 0.25) is 0 Å². The number of β-lactam (4-membered cyclic amide) rings is 1. The molecule has 2 atom stereocenters. The summed E-state index contributed by atoms with van der Waals surface area (Å²) in [5, 5.41) is 1.06. The Labute approximate surface area is 183 Å². The van der Waals surface area contributed by atoms with Gasteiger partial charge >= 0.3 is 0 Å². The van der Waals surface area contributed by atoms with Crippen LogP contribution in [0.1, 0.15) is 11.6 Å². The van der Waals surface area contributed by atoms with E-state index in [2.05, 4.69) is 0 Å². The first-order valence-electron chi connectivity index (χ1n) is 9.79. The van der Waals surface area contributed by atoms with E-state index in [0.29, 0.717) is 22.5 Å². The third-order valence-corrected chi connectivity index (χ3v) is 5.89. The summed E-state index contributed by atoms with van der Waals surface area (Å²) in [6.45, 7) is 0. The molecule has 0 spiro atoms. The molecule has 0 radical (unpaired) electrons. The standard InChI is InChI=1S/C24H18ClN3O3/c1-31-17-13-11-15(12-14-17)21-20(25)24(30)27(21)28-22(16-7-3-2-4-8-16)26-19-10-6-5-9-18(19)23(28)29/h2-14,20-21H,1H3. The molecule has 1 saturated heterocycles. The second-order valence-corrected chi connectivity index (χ2v) is 7.71. The van der Waals surface area contributed by atoms with Gasteiger partial charge in [-0.15, -0.1) is 11.6 Å². The average molecular weight is 432 g/mol. The molecular weight excluding hydrogens is 414 g/mol.